The van der Waals surface area contributed by atoms with Crippen molar-refractivity contribution in [3.63, 3.8) is 0 Å². The fourth-order valence-electron chi connectivity index (χ4n) is 2.45. The zero-order valence-electron chi connectivity index (χ0n) is 9.90. The molecule has 0 aliphatic carbocycles. The Balaban J connectivity index is 1.97. The number of aliphatic hydroxyl groups is 1. The number of likely N-dealkylation sites (tertiary alicyclic amines) is 1. The highest BCUT2D eigenvalue weighted by molar-refractivity contribution is 5.80. The van der Waals surface area contributed by atoms with Crippen LogP contribution in [0.3, 0.4) is 0 Å². The van der Waals surface area contributed by atoms with Gasteiger partial charge in [0.1, 0.15) is 0 Å². The lowest BCUT2D eigenvalue weighted by atomic mass is 10.0. The molecule has 0 aromatic carbocycles. The molecule has 3 atom stereocenters. The Bertz CT molecular complexity index is 280. The monoisotopic (exact) mass is 228 g/mol. The zero-order chi connectivity index (χ0) is 11.8. The number of carbonyl (C=O) groups excluding carboxylic acids is 1. The summed E-state index contributed by atoms with van der Waals surface area (Å²) in [5.41, 5.74) is -0.718. The Morgan fingerprint density at radius 2 is 2.31 bits per heavy atom. The van der Waals surface area contributed by atoms with E-state index >= 15 is 0 Å². The third-order valence-electron chi connectivity index (χ3n) is 3.53. The first-order chi connectivity index (χ1) is 7.53. The first-order valence-electron chi connectivity index (χ1n) is 5.80. The van der Waals surface area contributed by atoms with Gasteiger partial charge in [0.05, 0.1) is 24.7 Å². The number of ether oxygens (including phenoxy) is 1. The fraction of sp³-hybridized carbons (Fsp3) is 0.909. The van der Waals surface area contributed by atoms with Crippen molar-refractivity contribution in [2.45, 2.75) is 25.0 Å². The van der Waals surface area contributed by atoms with Gasteiger partial charge in [0.25, 0.3) is 0 Å². The number of hydrogen-bond acceptors (Lipinski definition) is 4. The SMILES string of the molecule is CNC1COCC1C(=O)N1CCC(C)(O)C1. The molecule has 0 saturated carbocycles. The molecule has 2 N–H and O–H groups in total. The number of nitrogens with one attached hydrogen (secondary N) is 1. The van der Waals surface area contributed by atoms with Crippen molar-refractivity contribution in [2.24, 2.45) is 5.92 Å². The molecule has 92 valence electrons. The molecule has 16 heavy (non-hydrogen) atoms. The average Bonchev–Trinajstić information content (AvgIpc) is 2.82. The van der Waals surface area contributed by atoms with E-state index in [1.54, 1.807) is 11.8 Å². The molecule has 2 rings (SSSR count). The van der Waals surface area contributed by atoms with E-state index in [0.29, 0.717) is 32.7 Å². The minimum Gasteiger partial charge on any atom is -0.388 e. The van der Waals surface area contributed by atoms with E-state index in [-0.39, 0.29) is 17.9 Å². The van der Waals surface area contributed by atoms with Crippen LogP contribution >= 0.6 is 0 Å². The lowest BCUT2D eigenvalue weighted by Gasteiger charge is -2.24. The van der Waals surface area contributed by atoms with Crippen molar-refractivity contribution < 1.29 is 14.6 Å². The number of nitrogens with zero attached hydrogens (tertiary/aromatic N) is 1. The molecular weight excluding hydrogens is 208 g/mol. The zero-order valence-corrected chi connectivity index (χ0v) is 9.90. The van der Waals surface area contributed by atoms with Crippen LogP contribution in [0.25, 0.3) is 0 Å². The molecule has 0 aromatic rings. The summed E-state index contributed by atoms with van der Waals surface area (Å²) in [5.74, 6) is 0.00789. The normalized spacial score (nSPS) is 39.3. The van der Waals surface area contributed by atoms with E-state index in [0.717, 1.165) is 0 Å². The van der Waals surface area contributed by atoms with Gasteiger partial charge in [-0.05, 0) is 20.4 Å². The predicted molar refractivity (Wildman–Crippen MR) is 59.0 cm³/mol. The lowest BCUT2D eigenvalue weighted by Crippen LogP contribution is -2.45. The highest BCUT2D eigenvalue weighted by Crippen LogP contribution is 2.24. The standard InChI is InChI=1S/C11H20N2O3/c1-11(15)3-4-13(7-11)10(14)8-5-16-6-9(8)12-2/h8-9,12,15H,3-7H2,1-2H3. The van der Waals surface area contributed by atoms with Crippen LogP contribution < -0.4 is 5.32 Å². The first kappa shape index (κ1) is 11.8. The Morgan fingerprint density at radius 3 is 2.88 bits per heavy atom. The molecule has 3 unspecified atom stereocenters. The second-order valence-electron chi connectivity index (χ2n) is 5.05. The molecule has 0 aromatic heterocycles. The Morgan fingerprint density at radius 1 is 1.56 bits per heavy atom. The van der Waals surface area contributed by atoms with E-state index in [4.69, 9.17) is 4.74 Å². The summed E-state index contributed by atoms with van der Waals surface area (Å²) in [5, 5.41) is 12.9. The van der Waals surface area contributed by atoms with Gasteiger partial charge in [0, 0.05) is 19.1 Å². The number of amides is 1. The molecule has 0 bridgehead atoms. The van der Waals surface area contributed by atoms with Crippen LogP contribution in [0.2, 0.25) is 0 Å². The van der Waals surface area contributed by atoms with Crippen molar-refractivity contribution in [2.75, 3.05) is 33.4 Å². The Labute approximate surface area is 95.8 Å². The molecule has 5 heteroatoms. The van der Waals surface area contributed by atoms with E-state index in [1.165, 1.54) is 0 Å². The molecule has 2 aliphatic rings. The number of likely N-dealkylation sites (N-methyl/N-ethyl adjacent to an activating group) is 1. The average molecular weight is 228 g/mol. The Hall–Kier alpha value is -0.650. The second kappa shape index (κ2) is 4.31. The summed E-state index contributed by atoms with van der Waals surface area (Å²) < 4.78 is 5.32. The van der Waals surface area contributed by atoms with Crippen molar-refractivity contribution >= 4 is 5.91 Å². The number of rotatable bonds is 2. The van der Waals surface area contributed by atoms with Gasteiger partial charge in [-0.15, -0.1) is 0 Å². The maximum atomic E-state index is 12.2. The van der Waals surface area contributed by atoms with Crippen LogP contribution in [0.1, 0.15) is 13.3 Å². The lowest BCUT2D eigenvalue weighted by molar-refractivity contribution is -0.135. The molecule has 5 nitrogen and oxygen atoms in total. The van der Waals surface area contributed by atoms with E-state index < -0.39 is 5.60 Å². The third kappa shape index (κ3) is 2.21. The summed E-state index contributed by atoms with van der Waals surface area (Å²) in [6.07, 6.45) is 0.663. The van der Waals surface area contributed by atoms with Gasteiger partial charge >= 0.3 is 0 Å². The summed E-state index contributed by atoms with van der Waals surface area (Å²) in [4.78, 5) is 14.0. The van der Waals surface area contributed by atoms with Crippen LogP contribution in [-0.4, -0.2) is 60.9 Å². The smallest absolute Gasteiger partial charge is 0.229 e. The topological polar surface area (TPSA) is 61.8 Å². The van der Waals surface area contributed by atoms with Crippen LogP contribution in [0, 0.1) is 5.92 Å². The minimum absolute atomic E-state index is 0.0982. The van der Waals surface area contributed by atoms with Gasteiger partial charge in [-0.3, -0.25) is 4.79 Å². The molecule has 2 saturated heterocycles. The van der Waals surface area contributed by atoms with Gasteiger partial charge in [-0.1, -0.05) is 0 Å². The van der Waals surface area contributed by atoms with Crippen LogP contribution in [-0.2, 0) is 9.53 Å². The summed E-state index contributed by atoms with van der Waals surface area (Å²) >= 11 is 0. The molecule has 0 radical (unpaired) electrons. The third-order valence-corrected chi connectivity index (χ3v) is 3.53. The molecule has 1 amide bonds. The van der Waals surface area contributed by atoms with Gasteiger partial charge in [-0.2, -0.15) is 0 Å². The van der Waals surface area contributed by atoms with E-state index in [1.807, 2.05) is 7.05 Å². The van der Waals surface area contributed by atoms with E-state index in [9.17, 15) is 9.90 Å². The predicted octanol–water partition coefficient (Wildman–Crippen LogP) is -0.796. The highest BCUT2D eigenvalue weighted by atomic mass is 16.5. The summed E-state index contributed by atoms with van der Waals surface area (Å²) in [6.45, 7) is 3.96. The van der Waals surface area contributed by atoms with Crippen LogP contribution in [0.5, 0.6) is 0 Å². The van der Waals surface area contributed by atoms with Crippen molar-refractivity contribution in [3.8, 4) is 0 Å². The molecule has 2 heterocycles. The van der Waals surface area contributed by atoms with Gasteiger partial charge in [-0.25, -0.2) is 0 Å². The highest BCUT2D eigenvalue weighted by Gasteiger charge is 2.40. The number of carbonyl (C=O) groups is 1. The molecular formula is C11H20N2O3. The van der Waals surface area contributed by atoms with E-state index in [2.05, 4.69) is 5.32 Å². The summed E-state index contributed by atoms with van der Waals surface area (Å²) in [6, 6.07) is 0.109. The minimum atomic E-state index is -0.718. The quantitative estimate of drug-likeness (QED) is 0.650. The van der Waals surface area contributed by atoms with Crippen molar-refractivity contribution in [1.82, 2.24) is 10.2 Å². The van der Waals surface area contributed by atoms with Gasteiger partial charge < -0.3 is 20.1 Å². The van der Waals surface area contributed by atoms with Gasteiger partial charge in [0.15, 0.2) is 0 Å². The maximum Gasteiger partial charge on any atom is 0.229 e. The maximum absolute atomic E-state index is 12.2. The Kier molecular flexibility index (Phi) is 3.19. The number of β-amino-alcohol motifs (C(OH)–C–C–N with tert-alkyl or cyclic N) is 1. The largest absolute Gasteiger partial charge is 0.388 e. The van der Waals surface area contributed by atoms with Crippen LogP contribution in [0.15, 0.2) is 0 Å². The first-order valence-corrected chi connectivity index (χ1v) is 5.80. The number of hydrogen-bond donors (Lipinski definition) is 2. The van der Waals surface area contributed by atoms with Gasteiger partial charge in [0.2, 0.25) is 5.91 Å². The fourth-order valence-corrected chi connectivity index (χ4v) is 2.45. The molecule has 2 fully saturated rings. The van der Waals surface area contributed by atoms with Crippen molar-refractivity contribution in [1.29, 1.82) is 0 Å². The van der Waals surface area contributed by atoms with Crippen LogP contribution in [0.4, 0.5) is 0 Å². The second-order valence-corrected chi connectivity index (χ2v) is 5.05. The molecule has 0 spiro atoms. The summed E-state index contributed by atoms with van der Waals surface area (Å²) in [7, 11) is 1.85. The molecule has 2 aliphatic heterocycles. The van der Waals surface area contributed by atoms with Crippen molar-refractivity contribution in [3.05, 3.63) is 0 Å².